The van der Waals surface area contributed by atoms with Gasteiger partial charge >= 0.3 is 0 Å². The molecule has 1 aromatic carbocycles. The standard InChI is InChI=1S/C11H12N2O/c12-10-2-1-3-11-9(10)4-5-13(11)8-6-14-7-8/h1-5,8H,6-7,12H2. The lowest BCUT2D eigenvalue weighted by Gasteiger charge is -2.28. The molecule has 2 N–H and O–H groups in total. The SMILES string of the molecule is Nc1cccc2c1ccn2C1COC1. The van der Waals surface area contributed by atoms with Crippen LogP contribution in [0, 0.1) is 0 Å². The highest BCUT2D eigenvalue weighted by atomic mass is 16.5. The fraction of sp³-hybridized carbons (Fsp3) is 0.273. The third-order valence-electron chi connectivity index (χ3n) is 2.81. The predicted molar refractivity (Wildman–Crippen MR) is 56.2 cm³/mol. The van der Waals surface area contributed by atoms with E-state index in [0.717, 1.165) is 24.3 Å². The van der Waals surface area contributed by atoms with Gasteiger partial charge in [-0.15, -0.1) is 0 Å². The van der Waals surface area contributed by atoms with Crippen molar-refractivity contribution in [2.24, 2.45) is 0 Å². The Morgan fingerprint density at radius 1 is 1.29 bits per heavy atom. The smallest absolute Gasteiger partial charge is 0.0803 e. The minimum Gasteiger partial charge on any atom is -0.398 e. The first-order chi connectivity index (χ1) is 6.86. The molecule has 14 heavy (non-hydrogen) atoms. The van der Waals surface area contributed by atoms with E-state index in [9.17, 15) is 0 Å². The number of nitrogen functional groups attached to an aromatic ring is 1. The van der Waals surface area contributed by atoms with E-state index in [1.807, 2.05) is 12.1 Å². The molecule has 3 rings (SSSR count). The molecule has 1 aliphatic heterocycles. The van der Waals surface area contributed by atoms with Crippen LogP contribution < -0.4 is 5.73 Å². The van der Waals surface area contributed by atoms with E-state index in [0.29, 0.717) is 6.04 Å². The average Bonchev–Trinajstić information content (AvgIpc) is 2.48. The molecule has 1 fully saturated rings. The summed E-state index contributed by atoms with van der Waals surface area (Å²) in [6.07, 6.45) is 2.09. The number of nitrogens with two attached hydrogens (primary N) is 1. The summed E-state index contributed by atoms with van der Waals surface area (Å²) in [5, 5.41) is 1.14. The van der Waals surface area contributed by atoms with E-state index in [1.165, 1.54) is 5.52 Å². The molecule has 1 saturated heterocycles. The Morgan fingerprint density at radius 3 is 2.86 bits per heavy atom. The fourth-order valence-electron chi connectivity index (χ4n) is 1.91. The fourth-order valence-corrected chi connectivity index (χ4v) is 1.91. The molecule has 72 valence electrons. The van der Waals surface area contributed by atoms with Crippen LogP contribution in [-0.2, 0) is 4.74 Å². The second-order valence-electron chi connectivity index (χ2n) is 3.69. The molecule has 0 atom stereocenters. The molecule has 0 saturated carbocycles. The summed E-state index contributed by atoms with van der Waals surface area (Å²) in [6.45, 7) is 1.64. The molecule has 1 aliphatic rings. The van der Waals surface area contributed by atoms with Gasteiger partial charge in [0.15, 0.2) is 0 Å². The number of hydrogen-bond donors (Lipinski definition) is 1. The van der Waals surface area contributed by atoms with Gasteiger partial charge in [0.25, 0.3) is 0 Å². The Labute approximate surface area is 82.1 Å². The topological polar surface area (TPSA) is 40.2 Å². The number of anilines is 1. The summed E-state index contributed by atoms with van der Waals surface area (Å²) >= 11 is 0. The molecule has 0 radical (unpaired) electrons. The first kappa shape index (κ1) is 7.88. The van der Waals surface area contributed by atoms with Gasteiger partial charge in [-0.3, -0.25) is 0 Å². The Kier molecular flexibility index (Phi) is 1.55. The summed E-state index contributed by atoms with van der Waals surface area (Å²) in [5.41, 5.74) is 7.94. The molecular weight excluding hydrogens is 176 g/mol. The van der Waals surface area contributed by atoms with Crippen LogP contribution in [0.2, 0.25) is 0 Å². The second-order valence-corrected chi connectivity index (χ2v) is 3.69. The quantitative estimate of drug-likeness (QED) is 0.693. The Bertz CT molecular complexity index is 471. The molecule has 3 nitrogen and oxygen atoms in total. The van der Waals surface area contributed by atoms with Crippen molar-refractivity contribution in [1.82, 2.24) is 4.57 Å². The summed E-state index contributed by atoms with van der Waals surface area (Å²) in [7, 11) is 0. The number of ether oxygens (including phenoxy) is 1. The zero-order valence-corrected chi connectivity index (χ0v) is 7.81. The maximum Gasteiger partial charge on any atom is 0.0803 e. The van der Waals surface area contributed by atoms with Gasteiger partial charge in [0.2, 0.25) is 0 Å². The number of nitrogens with zero attached hydrogens (tertiary/aromatic N) is 1. The van der Waals surface area contributed by atoms with E-state index in [4.69, 9.17) is 10.5 Å². The molecule has 0 unspecified atom stereocenters. The van der Waals surface area contributed by atoms with E-state index in [-0.39, 0.29) is 0 Å². The first-order valence-electron chi connectivity index (χ1n) is 4.79. The minimum absolute atomic E-state index is 0.495. The van der Waals surface area contributed by atoms with E-state index in [2.05, 4.69) is 22.9 Å². The van der Waals surface area contributed by atoms with Crippen molar-refractivity contribution in [2.45, 2.75) is 6.04 Å². The van der Waals surface area contributed by atoms with Crippen molar-refractivity contribution in [2.75, 3.05) is 18.9 Å². The van der Waals surface area contributed by atoms with Gasteiger partial charge in [-0.2, -0.15) is 0 Å². The van der Waals surface area contributed by atoms with Gasteiger partial charge in [-0.25, -0.2) is 0 Å². The Balaban J connectivity index is 2.20. The van der Waals surface area contributed by atoms with Crippen LogP contribution in [0.4, 0.5) is 5.69 Å². The Morgan fingerprint density at radius 2 is 2.14 bits per heavy atom. The number of hydrogen-bond acceptors (Lipinski definition) is 2. The maximum atomic E-state index is 5.88. The lowest BCUT2D eigenvalue weighted by molar-refractivity contribution is -0.0213. The van der Waals surface area contributed by atoms with Crippen LogP contribution >= 0.6 is 0 Å². The Hall–Kier alpha value is -1.48. The van der Waals surface area contributed by atoms with E-state index < -0.39 is 0 Å². The van der Waals surface area contributed by atoms with Crippen molar-refractivity contribution >= 4 is 16.6 Å². The molecule has 2 heterocycles. The molecule has 0 aliphatic carbocycles. The minimum atomic E-state index is 0.495. The monoisotopic (exact) mass is 188 g/mol. The van der Waals surface area contributed by atoms with Crippen molar-refractivity contribution in [1.29, 1.82) is 0 Å². The van der Waals surface area contributed by atoms with Crippen LogP contribution in [0.1, 0.15) is 6.04 Å². The molecule has 0 bridgehead atoms. The summed E-state index contributed by atoms with van der Waals surface area (Å²) in [5.74, 6) is 0. The number of benzene rings is 1. The van der Waals surface area contributed by atoms with Gasteiger partial charge in [-0.05, 0) is 18.2 Å². The summed E-state index contributed by atoms with van der Waals surface area (Å²) in [6, 6.07) is 8.60. The van der Waals surface area contributed by atoms with Gasteiger partial charge in [0, 0.05) is 17.3 Å². The van der Waals surface area contributed by atoms with Crippen molar-refractivity contribution in [3.63, 3.8) is 0 Å². The zero-order chi connectivity index (χ0) is 9.54. The molecule has 3 heteroatoms. The summed E-state index contributed by atoms with van der Waals surface area (Å²) in [4.78, 5) is 0. The second kappa shape index (κ2) is 2.75. The van der Waals surface area contributed by atoms with Crippen LogP contribution in [0.15, 0.2) is 30.5 Å². The van der Waals surface area contributed by atoms with Gasteiger partial charge in [-0.1, -0.05) is 6.07 Å². The molecule has 2 aromatic rings. The van der Waals surface area contributed by atoms with Crippen LogP contribution in [0.3, 0.4) is 0 Å². The predicted octanol–water partition coefficient (Wildman–Crippen LogP) is 1.79. The van der Waals surface area contributed by atoms with Crippen LogP contribution in [0.25, 0.3) is 10.9 Å². The third-order valence-corrected chi connectivity index (χ3v) is 2.81. The average molecular weight is 188 g/mol. The van der Waals surface area contributed by atoms with E-state index in [1.54, 1.807) is 0 Å². The molecule has 1 aromatic heterocycles. The lowest BCUT2D eigenvalue weighted by Crippen LogP contribution is -2.29. The number of fused-ring (bicyclic) bond motifs is 1. The van der Waals surface area contributed by atoms with Crippen molar-refractivity contribution in [3.05, 3.63) is 30.5 Å². The normalized spacial score (nSPS) is 17.1. The third kappa shape index (κ3) is 0.960. The van der Waals surface area contributed by atoms with E-state index >= 15 is 0 Å². The van der Waals surface area contributed by atoms with Crippen molar-refractivity contribution in [3.8, 4) is 0 Å². The molecule has 0 spiro atoms. The summed E-state index contributed by atoms with van der Waals surface area (Å²) < 4.78 is 7.43. The van der Waals surface area contributed by atoms with Gasteiger partial charge in [0.1, 0.15) is 0 Å². The number of aromatic nitrogens is 1. The van der Waals surface area contributed by atoms with Crippen LogP contribution in [0.5, 0.6) is 0 Å². The highest BCUT2D eigenvalue weighted by Gasteiger charge is 2.21. The van der Waals surface area contributed by atoms with Gasteiger partial charge < -0.3 is 15.0 Å². The zero-order valence-electron chi connectivity index (χ0n) is 7.81. The molecule has 0 amide bonds. The highest BCUT2D eigenvalue weighted by Crippen LogP contribution is 2.27. The largest absolute Gasteiger partial charge is 0.398 e. The highest BCUT2D eigenvalue weighted by molar-refractivity contribution is 5.91. The lowest BCUT2D eigenvalue weighted by atomic mass is 10.2. The van der Waals surface area contributed by atoms with Crippen molar-refractivity contribution < 1.29 is 4.74 Å². The van der Waals surface area contributed by atoms with Crippen LogP contribution in [-0.4, -0.2) is 17.8 Å². The molecular formula is C11H12N2O. The van der Waals surface area contributed by atoms with Gasteiger partial charge in [0.05, 0.1) is 24.8 Å². The maximum absolute atomic E-state index is 5.88. The first-order valence-corrected chi connectivity index (χ1v) is 4.79. The number of rotatable bonds is 1.